The largest absolute Gasteiger partial charge is 0.479 e. The Bertz CT molecular complexity index is 259. The third kappa shape index (κ3) is 2.21. The summed E-state index contributed by atoms with van der Waals surface area (Å²) < 4.78 is 17.3. The van der Waals surface area contributed by atoms with Gasteiger partial charge in [-0.05, 0) is 0 Å². The summed E-state index contributed by atoms with van der Waals surface area (Å²) in [5.74, 6) is 4.44. The summed E-state index contributed by atoms with van der Waals surface area (Å²) in [6, 6.07) is 1.20. The number of anilines is 1. The van der Waals surface area contributed by atoms with Crippen molar-refractivity contribution >= 4 is 18.1 Å². The highest BCUT2D eigenvalue weighted by Crippen LogP contribution is 2.15. The van der Waals surface area contributed by atoms with Crippen molar-refractivity contribution in [2.45, 2.75) is 0 Å². The van der Waals surface area contributed by atoms with Gasteiger partial charge in [-0.15, -0.1) is 12.4 Å². The van der Waals surface area contributed by atoms with E-state index in [0.29, 0.717) is 5.69 Å². The van der Waals surface area contributed by atoms with E-state index in [1.807, 2.05) is 0 Å². The number of hydrazine groups is 1. The van der Waals surface area contributed by atoms with Gasteiger partial charge in [0.15, 0.2) is 5.82 Å². The minimum absolute atomic E-state index is 0. The van der Waals surface area contributed by atoms with Crippen LogP contribution in [0, 0.1) is 5.82 Å². The van der Waals surface area contributed by atoms with Crippen molar-refractivity contribution in [2.75, 3.05) is 12.5 Å². The van der Waals surface area contributed by atoms with E-state index in [0.717, 1.165) is 0 Å². The van der Waals surface area contributed by atoms with Gasteiger partial charge < -0.3 is 10.2 Å². The number of ether oxygens (including phenoxy) is 1. The smallest absolute Gasteiger partial charge is 0.250 e. The fourth-order valence-electron chi connectivity index (χ4n) is 0.655. The van der Waals surface area contributed by atoms with Crippen molar-refractivity contribution < 1.29 is 9.13 Å². The van der Waals surface area contributed by atoms with Crippen molar-refractivity contribution in [1.82, 2.24) is 4.98 Å². The molecule has 3 N–H and O–H groups in total. The average Bonchev–Trinajstić information content (AvgIpc) is 2.04. The molecular weight excluding hydrogens is 185 g/mol. The summed E-state index contributed by atoms with van der Waals surface area (Å²) in [6.07, 6.45) is 1.38. The zero-order valence-corrected chi connectivity index (χ0v) is 7.19. The van der Waals surface area contributed by atoms with Crippen LogP contribution in [0.15, 0.2) is 12.3 Å². The van der Waals surface area contributed by atoms with E-state index >= 15 is 0 Å². The quantitative estimate of drug-likeness (QED) is 0.542. The summed E-state index contributed by atoms with van der Waals surface area (Å²) >= 11 is 0. The lowest BCUT2D eigenvalue weighted by Crippen LogP contribution is -2.07. The number of nitrogens with one attached hydrogen (secondary N) is 1. The van der Waals surface area contributed by atoms with Gasteiger partial charge in [0.1, 0.15) is 0 Å². The predicted molar refractivity (Wildman–Crippen MR) is 45.8 cm³/mol. The standard InChI is InChI=1S/C6H8FN3O.ClH/c1-11-6-5(7)2-4(10-8)3-9-6;/h2-3,10H,8H2,1H3;1H. The minimum Gasteiger partial charge on any atom is -0.479 e. The summed E-state index contributed by atoms with van der Waals surface area (Å²) in [5, 5.41) is 0. The van der Waals surface area contributed by atoms with Crippen LogP contribution < -0.4 is 16.0 Å². The summed E-state index contributed by atoms with van der Waals surface area (Å²) in [7, 11) is 1.35. The molecule has 0 saturated carbocycles. The van der Waals surface area contributed by atoms with Gasteiger partial charge in [0.25, 0.3) is 0 Å². The summed E-state index contributed by atoms with van der Waals surface area (Å²) in [4.78, 5) is 3.63. The van der Waals surface area contributed by atoms with Gasteiger partial charge in [0, 0.05) is 6.07 Å². The molecule has 12 heavy (non-hydrogen) atoms. The Morgan fingerprint density at radius 1 is 1.67 bits per heavy atom. The second-order valence-electron chi connectivity index (χ2n) is 1.86. The lowest BCUT2D eigenvalue weighted by Gasteiger charge is -2.02. The van der Waals surface area contributed by atoms with Crippen LogP contribution in [-0.4, -0.2) is 12.1 Å². The monoisotopic (exact) mass is 193 g/mol. The lowest BCUT2D eigenvalue weighted by atomic mass is 10.4. The number of nitrogen functional groups attached to an aromatic ring is 1. The van der Waals surface area contributed by atoms with E-state index in [1.54, 1.807) is 0 Å². The van der Waals surface area contributed by atoms with Gasteiger partial charge in [-0.25, -0.2) is 9.37 Å². The highest BCUT2D eigenvalue weighted by Gasteiger charge is 2.02. The maximum absolute atomic E-state index is 12.8. The second-order valence-corrected chi connectivity index (χ2v) is 1.86. The number of rotatable bonds is 2. The van der Waals surface area contributed by atoms with E-state index in [4.69, 9.17) is 5.84 Å². The maximum atomic E-state index is 12.8. The molecular formula is C6H9ClFN3O. The van der Waals surface area contributed by atoms with Crippen molar-refractivity contribution in [3.63, 3.8) is 0 Å². The van der Waals surface area contributed by atoms with Crippen LogP contribution >= 0.6 is 12.4 Å². The molecule has 1 heterocycles. The number of aromatic nitrogens is 1. The molecule has 0 atom stereocenters. The average molecular weight is 194 g/mol. The molecule has 1 aromatic heterocycles. The molecule has 0 bridgehead atoms. The first-order chi connectivity index (χ1) is 5.27. The van der Waals surface area contributed by atoms with Crippen LogP contribution in [0.5, 0.6) is 5.88 Å². The van der Waals surface area contributed by atoms with Crippen molar-refractivity contribution in [3.8, 4) is 5.88 Å². The van der Waals surface area contributed by atoms with Crippen LogP contribution in [-0.2, 0) is 0 Å². The van der Waals surface area contributed by atoms with Gasteiger partial charge in [-0.3, -0.25) is 5.84 Å². The molecule has 68 valence electrons. The first-order valence-corrected chi connectivity index (χ1v) is 2.94. The van der Waals surface area contributed by atoms with Gasteiger partial charge >= 0.3 is 0 Å². The number of halogens is 2. The van der Waals surface area contributed by atoms with Gasteiger partial charge in [-0.2, -0.15) is 0 Å². The zero-order valence-electron chi connectivity index (χ0n) is 6.37. The topological polar surface area (TPSA) is 60.2 Å². The van der Waals surface area contributed by atoms with E-state index in [2.05, 4.69) is 15.1 Å². The fraction of sp³-hybridized carbons (Fsp3) is 0.167. The SMILES string of the molecule is COc1ncc(NN)cc1F.Cl. The lowest BCUT2D eigenvalue weighted by molar-refractivity contribution is 0.369. The number of nitrogens with zero attached hydrogens (tertiary/aromatic N) is 1. The number of hydrogen-bond donors (Lipinski definition) is 2. The molecule has 0 fully saturated rings. The summed E-state index contributed by atoms with van der Waals surface area (Å²) in [5.41, 5.74) is 2.67. The second kappa shape index (κ2) is 4.74. The number of pyridine rings is 1. The van der Waals surface area contributed by atoms with E-state index in [-0.39, 0.29) is 18.3 Å². The maximum Gasteiger partial charge on any atom is 0.250 e. The molecule has 0 aliphatic rings. The van der Waals surface area contributed by atoms with Crippen LogP contribution in [0.25, 0.3) is 0 Å². The molecule has 0 aliphatic carbocycles. The van der Waals surface area contributed by atoms with E-state index < -0.39 is 5.82 Å². The Labute approximate surface area is 75.3 Å². The van der Waals surface area contributed by atoms with E-state index in [1.165, 1.54) is 19.4 Å². The van der Waals surface area contributed by atoms with Crippen LogP contribution in [0.4, 0.5) is 10.1 Å². The first kappa shape index (κ1) is 10.9. The molecule has 0 saturated heterocycles. The van der Waals surface area contributed by atoms with E-state index in [9.17, 15) is 4.39 Å². The van der Waals surface area contributed by atoms with Crippen molar-refractivity contribution in [1.29, 1.82) is 0 Å². The number of hydrogen-bond acceptors (Lipinski definition) is 4. The third-order valence-electron chi connectivity index (χ3n) is 1.17. The third-order valence-corrected chi connectivity index (χ3v) is 1.17. The Morgan fingerprint density at radius 3 is 2.75 bits per heavy atom. The number of nitrogens with two attached hydrogens (primary N) is 1. The zero-order chi connectivity index (χ0) is 8.27. The van der Waals surface area contributed by atoms with Crippen LogP contribution in [0.1, 0.15) is 0 Å². The Morgan fingerprint density at radius 2 is 2.33 bits per heavy atom. The highest BCUT2D eigenvalue weighted by atomic mass is 35.5. The molecule has 0 amide bonds. The predicted octanol–water partition coefficient (Wildman–Crippen LogP) is 0.937. The molecule has 0 radical (unpaired) electrons. The van der Waals surface area contributed by atoms with Gasteiger partial charge in [0.2, 0.25) is 5.88 Å². The van der Waals surface area contributed by atoms with Crippen molar-refractivity contribution in [2.24, 2.45) is 5.84 Å². The molecule has 4 nitrogen and oxygen atoms in total. The molecule has 1 rings (SSSR count). The Hall–Kier alpha value is -1.07. The number of methoxy groups -OCH3 is 1. The molecule has 6 heteroatoms. The Balaban J connectivity index is 0.00000121. The van der Waals surface area contributed by atoms with Crippen LogP contribution in [0.2, 0.25) is 0 Å². The molecule has 0 aliphatic heterocycles. The normalized spacial score (nSPS) is 8.58. The van der Waals surface area contributed by atoms with Crippen LogP contribution in [0.3, 0.4) is 0 Å². The molecule has 0 spiro atoms. The fourth-order valence-corrected chi connectivity index (χ4v) is 0.655. The van der Waals surface area contributed by atoms with Crippen molar-refractivity contribution in [3.05, 3.63) is 18.1 Å². The molecule has 1 aromatic rings. The molecule has 0 unspecified atom stereocenters. The van der Waals surface area contributed by atoms with Gasteiger partial charge in [-0.1, -0.05) is 0 Å². The van der Waals surface area contributed by atoms with Gasteiger partial charge in [0.05, 0.1) is 19.0 Å². The highest BCUT2D eigenvalue weighted by molar-refractivity contribution is 5.85. The Kier molecular flexibility index (Phi) is 4.31. The minimum atomic E-state index is -0.539. The molecule has 0 aromatic carbocycles. The summed E-state index contributed by atoms with van der Waals surface area (Å²) in [6.45, 7) is 0. The first-order valence-electron chi connectivity index (χ1n) is 2.94.